The molecule has 4 nitrogen and oxygen atoms in total. The first-order valence-corrected chi connectivity index (χ1v) is 7.51. The van der Waals surface area contributed by atoms with Crippen LogP contribution >= 0.6 is 22.9 Å². The van der Waals surface area contributed by atoms with Gasteiger partial charge in [-0.05, 0) is 37.0 Å². The van der Waals surface area contributed by atoms with E-state index in [0.29, 0.717) is 28.9 Å². The Labute approximate surface area is 125 Å². The highest BCUT2D eigenvalue weighted by Gasteiger charge is 2.49. The number of hydrogen-bond acceptors (Lipinski definition) is 4. The van der Waals surface area contributed by atoms with Crippen molar-refractivity contribution in [3.05, 3.63) is 23.2 Å². The Morgan fingerprint density at radius 1 is 1.60 bits per heavy atom. The zero-order valence-electron chi connectivity index (χ0n) is 10.8. The van der Waals surface area contributed by atoms with E-state index in [1.54, 1.807) is 6.07 Å². The predicted octanol–water partition coefficient (Wildman–Crippen LogP) is 3.83. The number of aromatic nitrogens is 1. The second-order valence-corrected chi connectivity index (χ2v) is 6.76. The summed E-state index contributed by atoms with van der Waals surface area (Å²) in [7, 11) is 0. The molecular formula is C14H12ClN3OS. The summed E-state index contributed by atoms with van der Waals surface area (Å²) in [5, 5.41) is 13.2. The van der Waals surface area contributed by atoms with Crippen LogP contribution in [0, 0.1) is 22.7 Å². The van der Waals surface area contributed by atoms with E-state index >= 15 is 0 Å². The number of fused-ring (bicyclic) bond motifs is 1. The molecule has 0 unspecified atom stereocenters. The van der Waals surface area contributed by atoms with Gasteiger partial charge in [0.25, 0.3) is 0 Å². The Morgan fingerprint density at radius 3 is 3.00 bits per heavy atom. The summed E-state index contributed by atoms with van der Waals surface area (Å²) in [6.45, 7) is 2.04. The van der Waals surface area contributed by atoms with Crippen molar-refractivity contribution >= 4 is 44.2 Å². The number of hydrogen-bond donors (Lipinski definition) is 1. The number of carbonyl (C=O) groups is 1. The second kappa shape index (κ2) is 4.72. The van der Waals surface area contributed by atoms with E-state index < -0.39 is 5.41 Å². The molecule has 3 rings (SSSR count). The monoisotopic (exact) mass is 305 g/mol. The lowest BCUT2D eigenvalue weighted by Gasteiger charge is -2.38. The standard InChI is InChI=1S/C14H12ClN3OS/c1-8-5-14(6-8,7-16)12(19)18-13-17-10-3-2-9(15)4-11(10)20-13/h2-4,8H,5-6H2,1H3,(H,17,18,19). The molecule has 1 heterocycles. The minimum Gasteiger partial charge on any atom is -0.301 e. The van der Waals surface area contributed by atoms with Gasteiger partial charge in [-0.2, -0.15) is 5.26 Å². The maximum absolute atomic E-state index is 12.2. The molecule has 1 aliphatic carbocycles. The summed E-state index contributed by atoms with van der Waals surface area (Å²) in [6, 6.07) is 7.55. The van der Waals surface area contributed by atoms with Crippen molar-refractivity contribution < 1.29 is 4.79 Å². The number of rotatable bonds is 2. The van der Waals surface area contributed by atoms with Crippen molar-refractivity contribution in [1.29, 1.82) is 5.26 Å². The van der Waals surface area contributed by atoms with Crippen LogP contribution in [0.5, 0.6) is 0 Å². The number of halogens is 1. The average molecular weight is 306 g/mol. The molecule has 20 heavy (non-hydrogen) atoms. The van der Waals surface area contributed by atoms with Gasteiger partial charge < -0.3 is 5.32 Å². The van der Waals surface area contributed by atoms with Crippen molar-refractivity contribution in [1.82, 2.24) is 4.98 Å². The number of amides is 1. The van der Waals surface area contributed by atoms with Crippen LogP contribution in [0.1, 0.15) is 19.8 Å². The number of carbonyl (C=O) groups excluding carboxylic acids is 1. The normalized spacial score (nSPS) is 24.9. The van der Waals surface area contributed by atoms with Gasteiger partial charge in [0.2, 0.25) is 5.91 Å². The first-order valence-electron chi connectivity index (χ1n) is 6.31. The van der Waals surface area contributed by atoms with E-state index in [1.165, 1.54) is 11.3 Å². The zero-order chi connectivity index (χ0) is 14.3. The van der Waals surface area contributed by atoms with Gasteiger partial charge in [0.05, 0.1) is 16.3 Å². The van der Waals surface area contributed by atoms with E-state index in [1.807, 2.05) is 19.1 Å². The smallest absolute Gasteiger partial charge is 0.246 e. The summed E-state index contributed by atoms with van der Waals surface area (Å²) < 4.78 is 0.917. The molecule has 0 radical (unpaired) electrons. The fourth-order valence-corrected chi connectivity index (χ4v) is 3.76. The van der Waals surface area contributed by atoms with Crippen LogP contribution in [0.4, 0.5) is 5.13 Å². The molecule has 0 aliphatic heterocycles. The van der Waals surface area contributed by atoms with Gasteiger partial charge in [0.1, 0.15) is 5.41 Å². The fourth-order valence-electron chi connectivity index (χ4n) is 2.63. The lowest BCUT2D eigenvalue weighted by atomic mass is 9.63. The Hall–Kier alpha value is -1.64. The topological polar surface area (TPSA) is 65.8 Å². The fraction of sp³-hybridized carbons (Fsp3) is 0.357. The van der Waals surface area contributed by atoms with Gasteiger partial charge >= 0.3 is 0 Å². The summed E-state index contributed by atoms with van der Waals surface area (Å²) in [5.74, 6) is 0.179. The lowest BCUT2D eigenvalue weighted by molar-refractivity contribution is -0.128. The van der Waals surface area contributed by atoms with Gasteiger partial charge in [0, 0.05) is 5.02 Å². The zero-order valence-corrected chi connectivity index (χ0v) is 12.4. The van der Waals surface area contributed by atoms with Crippen molar-refractivity contribution in [3.63, 3.8) is 0 Å². The minimum absolute atomic E-state index is 0.247. The van der Waals surface area contributed by atoms with Crippen LogP contribution in [-0.2, 0) is 4.79 Å². The molecule has 1 saturated carbocycles. The number of nitriles is 1. The van der Waals surface area contributed by atoms with Crippen LogP contribution in [0.15, 0.2) is 18.2 Å². The van der Waals surface area contributed by atoms with Gasteiger partial charge in [-0.15, -0.1) is 0 Å². The Kier molecular flexibility index (Phi) is 3.15. The number of nitrogens with zero attached hydrogens (tertiary/aromatic N) is 2. The van der Waals surface area contributed by atoms with E-state index in [4.69, 9.17) is 11.6 Å². The van der Waals surface area contributed by atoms with Gasteiger partial charge in [-0.1, -0.05) is 29.9 Å². The molecule has 1 N–H and O–H groups in total. The number of benzene rings is 1. The highest BCUT2D eigenvalue weighted by Crippen LogP contribution is 2.45. The predicted molar refractivity (Wildman–Crippen MR) is 79.7 cm³/mol. The van der Waals surface area contributed by atoms with Crippen LogP contribution in [0.25, 0.3) is 10.2 Å². The van der Waals surface area contributed by atoms with Crippen LogP contribution in [0.3, 0.4) is 0 Å². The van der Waals surface area contributed by atoms with E-state index in [9.17, 15) is 10.1 Å². The molecule has 1 aromatic heterocycles. The molecule has 1 aliphatic rings. The lowest BCUT2D eigenvalue weighted by Crippen LogP contribution is -2.45. The molecule has 1 fully saturated rings. The SMILES string of the molecule is CC1CC(C#N)(C(=O)Nc2nc3ccc(Cl)cc3s2)C1. The second-order valence-electron chi connectivity index (χ2n) is 5.29. The van der Waals surface area contributed by atoms with E-state index in [2.05, 4.69) is 16.4 Å². The molecule has 0 atom stereocenters. The van der Waals surface area contributed by atoms with Gasteiger partial charge in [0.15, 0.2) is 5.13 Å². The Bertz CT molecular complexity index is 728. The molecule has 6 heteroatoms. The van der Waals surface area contributed by atoms with Crippen LogP contribution in [0.2, 0.25) is 5.02 Å². The summed E-state index contributed by atoms with van der Waals surface area (Å²) in [4.78, 5) is 16.6. The van der Waals surface area contributed by atoms with E-state index in [-0.39, 0.29) is 5.91 Å². The largest absolute Gasteiger partial charge is 0.301 e. The molecule has 1 aromatic carbocycles. The third-order valence-electron chi connectivity index (χ3n) is 3.61. The number of thiazole rings is 1. The third kappa shape index (κ3) is 2.15. The molecule has 102 valence electrons. The van der Waals surface area contributed by atoms with Crippen LogP contribution < -0.4 is 5.32 Å². The van der Waals surface area contributed by atoms with Crippen molar-refractivity contribution in [2.75, 3.05) is 5.32 Å². The minimum atomic E-state index is -0.880. The highest BCUT2D eigenvalue weighted by atomic mass is 35.5. The summed E-state index contributed by atoms with van der Waals surface area (Å²) >= 11 is 7.29. The molecule has 2 aromatic rings. The Morgan fingerprint density at radius 2 is 2.35 bits per heavy atom. The van der Waals surface area contributed by atoms with Gasteiger partial charge in [-0.3, -0.25) is 4.79 Å². The maximum Gasteiger partial charge on any atom is 0.246 e. The molecule has 0 bridgehead atoms. The summed E-state index contributed by atoms with van der Waals surface area (Å²) in [6.07, 6.45) is 1.23. The molecular weight excluding hydrogens is 294 g/mol. The molecule has 0 spiro atoms. The molecule has 1 amide bonds. The maximum atomic E-state index is 12.2. The van der Waals surface area contributed by atoms with Gasteiger partial charge in [-0.25, -0.2) is 4.98 Å². The highest BCUT2D eigenvalue weighted by molar-refractivity contribution is 7.22. The first-order chi connectivity index (χ1) is 9.52. The van der Waals surface area contributed by atoms with E-state index in [0.717, 1.165) is 10.2 Å². The Balaban J connectivity index is 1.83. The summed E-state index contributed by atoms with van der Waals surface area (Å²) in [5.41, 5.74) is -0.0859. The molecule has 0 saturated heterocycles. The number of nitrogens with one attached hydrogen (secondary N) is 1. The van der Waals surface area contributed by atoms with Crippen molar-refractivity contribution in [3.8, 4) is 6.07 Å². The number of anilines is 1. The first kappa shape index (κ1) is 13.3. The van der Waals surface area contributed by atoms with Crippen LogP contribution in [-0.4, -0.2) is 10.9 Å². The van der Waals surface area contributed by atoms with Crippen molar-refractivity contribution in [2.24, 2.45) is 11.3 Å². The average Bonchev–Trinajstić information content (AvgIpc) is 2.75. The quantitative estimate of drug-likeness (QED) is 0.917. The third-order valence-corrected chi connectivity index (χ3v) is 4.78. The van der Waals surface area contributed by atoms with Crippen molar-refractivity contribution in [2.45, 2.75) is 19.8 Å².